The van der Waals surface area contributed by atoms with Gasteiger partial charge < -0.3 is 0 Å². The Bertz CT molecular complexity index is 263. The molecule has 1 heterocycles. The minimum atomic E-state index is -4.27. The molecule has 1 rings (SSSR count). The van der Waals surface area contributed by atoms with Crippen LogP contribution in [0.25, 0.3) is 0 Å². The Morgan fingerprint density at radius 1 is 1.27 bits per heavy atom. The van der Waals surface area contributed by atoms with Crippen molar-refractivity contribution in [2.24, 2.45) is 0 Å². The largest absolute Gasteiger partial charge is 0.433 e. The normalized spacial score (nSPS) is 12.8. The maximum absolute atomic E-state index is 12.0. The molecule has 1 aromatic rings. The Balaban J connectivity index is 3.15. The van der Waals surface area contributed by atoms with Gasteiger partial charge in [0.2, 0.25) is 0 Å². The summed E-state index contributed by atoms with van der Waals surface area (Å²) in [5.41, 5.74) is -0.413. The minimum absolute atomic E-state index is 0.0358. The van der Waals surface area contributed by atoms with E-state index in [0.29, 0.717) is 0 Å². The lowest BCUT2D eigenvalue weighted by Gasteiger charge is -2.02. The van der Waals surface area contributed by atoms with Crippen molar-refractivity contribution in [3.8, 4) is 0 Å². The first-order valence-electron chi connectivity index (χ1n) is 3.01. The molecule has 0 saturated heterocycles. The monoisotopic (exact) mass is 181 g/mol. The molecule has 0 saturated carbocycles. The highest BCUT2D eigenvalue weighted by atomic mass is 31.0. The lowest BCUT2D eigenvalue weighted by molar-refractivity contribution is -0.140. The van der Waals surface area contributed by atoms with Crippen LogP contribution in [-0.4, -0.2) is 4.75 Å². The molecule has 1 nitrogen and oxygen atoms in total. The Labute approximate surface area is 63.8 Å². The number of hydrogen-bond donors (Lipinski definition) is 0. The van der Waals surface area contributed by atoms with Crippen molar-refractivity contribution in [3.05, 3.63) is 16.6 Å². The Kier molecular flexibility index (Phi) is 1.97. The fourth-order valence-electron chi connectivity index (χ4n) is 0.761. The van der Waals surface area contributed by atoms with Crippen LogP contribution < -0.4 is 0 Å². The zero-order valence-corrected chi connectivity index (χ0v) is 7.08. The van der Waals surface area contributed by atoms with Crippen molar-refractivity contribution in [2.75, 3.05) is 0 Å². The maximum Gasteiger partial charge on any atom is 0.433 e. The Morgan fingerprint density at radius 2 is 1.82 bits per heavy atom. The van der Waals surface area contributed by atoms with Crippen LogP contribution in [0.2, 0.25) is 0 Å². The summed E-state index contributed by atoms with van der Waals surface area (Å²) < 4.78 is 39.5. The van der Waals surface area contributed by atoms with E-state index in [0.717, 1.165) is 5.30 Å². The number of alkyl halides is 3. The summed E-state index contributed by atoms with van der Waals surface area (Å²) in [7, 11) is -0.0358. The molecule has 0 aliphatic heterocycles. The van der Waals surface area contributed by atoms with Crippen LogP contribution in [0.3, 0.4) is 0 Å². The van der Waals surface area contributed by atoms with Gasteiger partial charge in [-0.1, -0.05) is 0 Å². The smallest absolute Gasteiger partial charge is 0.235 e. The van der Waals surface area contributed by atoms with Gasteiger partial charge in [-0.2, -0.15) is 13.2 Å². The molecule has 0 aliphatic carbocycles. The predicted octanol–water partition coefficient (Wildman–Crippen LogP) is 2.75. The summed E-state index contributed by atoms with van der Waals surface area (Å²) >= 11 is 0. The van der Waals surface area contributed by atoms with Gasteiger partial charge in [-0.25, -0.2) is 4.75 Å². The first-order chi connectivity index (χ1) is 4.93. The van der Waals surface area contributed by atoms with Crippen molar-refractivity contribution >= 4 is 8.35 Å². The third kappa shape index (κ3) is 1.56. The van der Waals surface area contributed by atoms with Crippen LogP contribution in [0.5, 0.6) is 0 Å². The molecule has 0 fully saturated rings. The average Bonchev–Trinajstić information content (AvgIpc) is 2.11. The third-order valence-corrected chi connectivity index (χ3v) is 2.57. The Hall–Kier alpha value is -0.500. The molecule has 0 aliphatic rings. The van der Waals surface area contributed by atoms with Crippen molar-refractivity contribution < 1.29 is 13.2 Å². The lowest BCUT2D eigenvalue weighted by Crippen LogP contribution is -2.06. The zero-order chi connectivity index (χ0) is 8.65. The number of hydrogen-bond acceptors (Lipinski definition) is 1. The van der Waals surface area contributed by atoms with Gasteiger partial charge in [0.15, 0.2) is 5.69 Å². The van der Waals surface area contributed by atoms with Gasteiger partial charge in [0, 0.05) is 0 Å². The SMILES string of the molecule is Cc1[pH]nc(C(F)(F)F)c1C. The minimum Gasteiger partial charge on any atom is -0.235 e. The molecule has 0 aromatic carbocycles. The van der Waals surface area contributed by atoms with Gasteiger partial charge in [0.05, 0.1) is 0 Å². The van der Waals surface area contributed by atoms with Crippen molar-refractivity contribution in [3.63, 3.8) is 0 Å². The van der Waals surface area contributed by atoms with Crippen molar-refractivity contribution in [2.45, 2.75) is 20.0 Å². The first kappa shape index (κ1) is 8.60. The van der Waals surface area contributed by atoms with Crippen LogP contribution in [0, 0.1) is 13.8 Å². The molecular formula is C6H7F3NP. The fraction of sp³-hybridized carbons (Fsp3) is 0.500. The fourth-order valence-corrected chi connectivity index (χ4v) is 1.62. The van der Waals surface area contributed by atoms with E-state index >= 15 is 0 Å². The van der Waals surface area contributed by atoms with Crippen molar-refractivity contribution in [1.29, 1.82) is 0 Å². The molecule has 11 heavy (non-hydrogen) atoms. The van der Waals surface area contributed by atoms with E-state index in [9.17, 15) is 13.2 Å². The second-order valence-electron chi connectivity index (χ2n) is 2.32. The summed E-state index contributed by atoms with van der Waals surface area (Å²) in [6, 6.07) is 0. The maximum atomic E-state index is 12.0. The molecule has 0 N–H and O–H groups in total. The van der Waals surface area contributed by atoms with E-state index in [2.05, 4.69) is 4.75 Å². The summed E-state index contributed by atoms with van der Waals surface area (Å²) in [5, 5.41) is 0.734. The van der Waals surface area contributed by atoms with Crippen LogP contribution in [-0.2, 0) is 6.18 Å². The molecule has 0 amide bonds. The van der Waals surface area contributed by atoms with Crippen LogP contribution in [0.1, 0.15) is 16.6 Å². The van der Waals surface area contributed by atoms with Crippen molar-refractivity contribution in [1.82, 2.24) is 4.75 Å². The lowest BCUT2D eigenvalue weighted by atomic mass is 10.2. The first-order valence-corrected chi connectivity index (χ1v) is 3.96. The van der Waals surface area contributed by atoms with E-state index in [4.69, 9.17) is 0 Å². The van der Waals surface area contributed by atoms with Gasteiger partial charge in [-0.3, -0.25) is 0 Å². The molecule has 62 valence electrons. The number of aromatic nitrogens is 1. The molecule has 0 bridgehead atoms. The molecule has 1 aromatic heterocycles. The molecule has 1 atom stereocenters. The number of aryl methyl sites for hydroxylation is 1. The van der Waals surface area contributed by atoms with Gasteiger partial charge in [-0.15, -0.1) is 0 Å². The predicted molar refractivity (Wildman–Crippen MR) is 38.2 cm³/mol. The number of halogens is 3. The second-order valence-corrected chi connectivity index (χ2v) is 3.52. The van der Waals surface area contributed by atoms with E-state index in [-0.39, 0.29) is 13.9 Å². The van der Waals surface area contributed by atoms with E-state index in [1.807, 2.05) is 0 Å². The van der Waals surface area contributed by atoms with E-state index in [1.54, 1.807) is 6.92 Å². The highest BCUT2D eigenvalue weighted by Crippen LogP contribution is 2.34. The topological polar surface area (TPSA) is 12.9 Å². The third-order valence-electron chi connectivity index (χ3n) is 1.52. The average molecular weight is 181 g/mol. The van der Waals surface area contributed by atoms with Crippen LogP contribution in [0.15, 0.2) is 0 Å². The Morgan fingerprint density at radius 3 is 2.00 bits per heavy atom. The van der Waals surface area contributed by atoms with E-state index < -0.39 is 11.9 Å². The summed E-state index contributed by atoms with van der Waals surface area (Å²) in [6.07, 6.45) is -4.27. The van der Waals surface area contributed by atoms with Gasteiger partial charge >= 0.3 is 6.18 Å². The molecule has 0 spiro atoms. The molecule has 0 radical (unpaired) electrons. The summed E-state index contributed by atoms with van der Waals surface area (Å²) in [5.74, 6) is 0. The molecule has 5 heteroatoms. The van der Waals surface area contributed by atoms with E-state index in [1.165, 1.54) is 6.92 Å². The second kappa shape index (κ2) is 2.52. The summed E-state index contributed by atoms with van der Waals surface area (Å²) in [4.78, 5) is 0. The van der Waals surface area contributed by atoms with Crippen LogP contribution >= 0.6 is 8.35 Å². The van der Waals surface area contributed by atoms with Crippen LogP contribution in [0.4, 0.5) is 13.2 Å². The molecular weight excluding hydrogens is 174 g/mol. The van der Waals surface area contributed by atoms with Gasteiger partial charge in [0.1, 0.15) is 0 Å². The number of nitrogens with zero attached hydrogens (tertiary/aromatic N) is 1. The molecule has 1 unspecified atom stereocenters. The quantitative estimate of drug-likeness (QED) is 0.599. The highest BCUT2D eigenvalue weighted by molar-refractivity contribution is 7.26. The van der Waals surface area contributed by atoms with Gasteiger partial charge in [-0.05, 0) is 33.1 Å². The summed E-state index contributed by atoms with van der Waals surface area (Å²) in [6.45, 7) is 3.14. The number of rotatable bonds is 0. The van der Waals surface area contributed by atoms with Gasteiger partial charge in [0.25, 0.3) is 0 Å². The zero-order valence-electron chi connectivity index (χ0n) is 6.08. The standard InChI is InChI=1S/C6H7F3NP/c1-3-4(2)11-10-5(3)6(7,8)9/h11H,1-2H3. The highest BCUT2D eigenvalue weighted by Gasteiger charge is 2.35.